The van der Waals surface area contributed by atoms with Crippen molar-refractivity contribution < 1.29 is 9.63 Å². The Bertz CT molecular complexity index is 659. The zero-order valence-corrected chi connectivity index (χ0v) is 13.5. The Balaban J connectivity index is 1.79. The van der Waals surface area contributed by atoms with Crippen LogP contribution in [0.15, 0.2) is 58.6 Å². The number of halogens is 1. The van der Waals surface area contributed by atoms with Crippen LogP contribution in [0.1, 0.15) is 5.56 Å². The summed E-state index contributed by atoms with van der Waals surface area (Å²) < 4.78 is 0. The van der Waals surface area contributed by atoms with Gasteiger partial charge in [-0.15, -0.1) is 11.8 Å². The molecular formula is C16H15ClN2O2S. The van der Waals surface area contributed by atoms with E-state index in [1.54, 1.807) is 42.2 Å². The van der Waals surface area contributed by atoms with Crippen LogP contribution in [-0.2, 0) is 9.63 Å². The van der Waals surface area contributed by atoms with Gasteiger partial charge in [-0.05, 0) is 36.1 Å². The number of thioether (sulfide) groups is 1. The lowest BCUT2D eigenvalue weighted by atomic mass is 10.2. The molecule has 0 heterocycles. The predicted molar refractivity (Wildman–Crippen MR) is 91.9 cm³/mol. The fourth-order valence-electron chi connectivity index (χ4n) is 1.63. The fraction of sp³-hybridized carbons (Fsp3) is 0.125. The minimum Gasteiger partial charge on any atom is -0.386 e. The summed E-state index contributed by atoms with van der Waals surface area (Å²) in [7, 11) is 0. The lowest BCUT2D eigenvalue weighted by Gasteiger charge is -2.05. The van der Waals surface area contributed by atoms with Crippen molar-refractivity contribution in [2.24, 2.45) is 5.16 Å². The Morgan fingerprint density at radius 1 is 1.27 bits per heavy atom. The summed E-state index contributed by atoms with van der Waals surface area (Å²) in [5.41, 5.74) is 1.46. The standard InChI is InChI=1S/C16H15ClN2O2S/c1-22-13-8-6-12(7-9-13)10-18-21-11-16(20)19-15-5-3-2-4-14(15)17/h2-10H,11H2,1H3,(H,19,20)/b18-10-. The van der Waals surface area contributed by atoms with Crippen LogP contribution in [0.2, 0.25) is 5.02 Å². The van der Waals surface area contributed by atoms with Gasteiger partial charge in [0, 0.05) is 4.90 Å². The van der Waals surface area contributed by atoms with E-state index in [9.17, 15) is 4.79 Å². The van der Waals surface area contributed by atoms with Crippen LogP contribution >= 0.6 is 23.4 Å². The predicted octanol–water partition coefficient (Wildman–Crippen LogP) is 4.05. The molecule has 22 heavy (non-hydrogen) atoms. The summed E-state index contributed by atoms with van der Waals surface area (Å²) in [5, 5.41) is 6.91. The van der Waals surface area contributed by atoms with Gasteiger partial charge in [0.1, 0.15) is 0 Å². The Hall–Kier alpha value is -1.98. The molecule has 0 aromatic heterocycles. The first-order valence-corrected chi connectivity index (χ1v) is 8.13. The molecule has 114 valence electrons. The third kappa shape index (κ3) is 5.09. The van der Waals surface area contributed by atoms with Gasteiger partial charge >= 0.3 is 0 Å². The molecule has 1 N–H and O–H groups in total. The SMILES string of the molecule is CSc1ccc(/C=N\OCC(=O)Nc2ccccc2Cl)cc1. The molecule has 2 rings (SSSR count). The Labute approximate surface area is 138 Å². The van der Waals surface area contributed by atoms with Crippen LogP contribution in [0.3, 0.4) is 0 Å². The molecule has 6 heteroatoms. The molecule has 0 aliphatic carbocycles. The summed E-state index contributed by atoms with van der Waals surface area (Å²) in [6, 6.07) is 14.9. The van der Waals surface area contributed by atoms with E-state index in [1.165, 1.54) is 4.90 Å². The topological polar surface area (TPSA) is 50.7 Å². The number of rotatable bonds is 6. The van der Waals surface area contributed by atoms with Crippen molar-refractivity contribution >= 4 is 41.2 Å². The van der Waals surface area contributed by atoms with Crippen molar-refractivity contribution in [3.63, 3.8) is 0 Å². The van der Waals surface area contributed by atoms with Crippen LogP contribution < -0.4 is 5.32 Å². The number of carbonyl (C=O) groups excluding carboxylic acids is 1. The van der Waals surface area contributed by atoms with Crippen molar-refractivity contribution in [3.8, 4) is 0 Å². The second kappa shape index (κ2) is 8.46. The van der Waals surface area contributed by atoms with Gasteiger partial charge in [-0.2, -0.15) is 0 Å². The zero-order valence-electron chi connectivity index (χ0n) is 12.0. The average Bonchev–Trinajstić information content (AvgIpc) is 2.54. The minimum atomic E-state index is -0.317. The highest BCUT2D eigenvalue weighted by atomic mass is 35.5. The van der Waals surface area contributed by atoms with Gasteiger partial charge in [-0.3, -0.25) is 4.79 Å². The number of hydrogen-bond acceptors (Lipinski definition) is 4. The number of anilines is 1. The highest BCUT2D eigenvalue weighted by Gasteiger charge is 2.05. The summed E-state index contributed by atoms with van der Waals surface area (Å²) in [6.45, 7) is -0.176. The molecule has 0 saturated heterocycles. The highest BCUT2D eigenvalue weighted by molar-refractivity contribution is 7.98. The Morgan fingerprint density at radius 3 is 2.68 bits per heavy atom. The maximum Gasteiger partial charge on any atom is 0.265 e. The molecule has 0 aliphatic heterocycles. The lowest BCUT2D eigenvalue weighted by Crippen LogP contribution is -2.17. The molecule has 0 spiro atoms. The summed E-state index contributed by atoms with van der Waals surface area (Å²) in [4.78, 5) is 17.8. The van der Waals surface area contributed by atoms with Crippen LogP contribution in [0.25, 0.3) is 0 Å². The van der Waals surface area contributed by atoms with Gasteiger partial charge in [0.2, 0.25) is 0 Å². The van der Waals surface area contributed by atoms with Crippen molar-refractivity contribution in [1.29, 1.82) is 0 Å². The average molecular weight is 335 g/mol. The second-order valence-electron chi connectivity index (χ2n) is 4.31. The summed E-state index contributed by atoms with van der Waals surface area (Å²) >= 11 is 7.62. The van der Waals surface area contributed by atoms with Crippen molar-refractivity contribution in [2.75, 3.05) is 18.2 Å². The van der Waals surface area contributed by atoms with E-state index in [4.69, 9.17) is 16.4 Å². The number of benzene rings is 2. The molecule has 0 saturated carbocycles. The maximum absolute atomic E-state index is 11.7. The number of oxime groups is 1. The van der Waals surface area contributed by atoms with Gasteiger partial charge < -0.3 is 10.2 Å². The number of nitrogens with zero attached hydrogens (tertiary/aromatic N) is 1. The van der Waals surface area contributed by atoms with Gasteiger partial charge in [0.25, 0.3) is 5.91 Å². The van der Waals surface area contributed by atoms with E-state index in [2.05, 4.69) is 10.5 Å². The normalized spacial score (nSPS) is 10.6. The van der Waals surface area contributed by atoms with Crippen molar-refractivity contribution in [2.45, 2.75) is 4.90 Å². The van der Waals surface area contributed by atoms with Crippen LogP contribution in [-0.4, -0.2) is 25.0 Å². The molecule has 0 bridgehead atoms. The molecule has 0 fully saturated rings. The molecule has 0 unspecified atom stereocenters. The quantitative estimate of drug-likeness (QED) is 0.492. The minimum absolute atomic E-state index is 0.176. The summed E-state index contributed by atoms with van der Waals surface area (Å²) in [5.74, 6) is -0.317. The molecule has 0 aliphatic rings. The Kier molecular flexibility index (Phi) is 6.30. The number of amides is 1. The number of nitrogens with one attached hydrogen (secondary N) is 1. The van der Waals surface area contributed by atoms with Crippen molar-refractivity contribution in [3.05, 3.63) is 59.1 Å². The molecule has 4 nitrogen and oxygen atoms in total. The van der Waals surface area contributed by atoms with Gasteiger partial charge in [0.15, 0.2) is 6.61 Å². The fourth-order valence-corrected chi connectivity index (χ4v) is 2.22. The molecule has 0 atom stereocenters. The van der Waals surface area contributed by atoms with E-state index < -0.39 is 0 Å². The second-order valence-corrected chi connectivity index (χ2v) is 5.60. The number of hydrogen-bond donors (Lipinski definition) is 1. The monoisotopic (exact) mass is 334 g/mol. The van der Waals surface area contributed by atoms with E-state index in [-0.39, 0.29) is 12.5 Å². The first-order chi connectivity index (χ1) is 10.7. The van der Waals surface area contributed by atoms with E-state index in [0.29, 0.717) is 10.7 Å². The van der Waals surface area contributed by atoms with Crippen LogP contribution in [0.4, 0.5) is 5.69 Å². The largest absolute Gasteiger partial charge is 0.386 e. The number of carbonyl (C=O) groups is 1. The zero-order chi connectivity index (χ0) is 15.8. The summed E-state index contributed by atoms with van der Waals surface area (Å²) in [6.07, 6.45) is 3.58. The molecular weight excluding hydrogens is 320 g/mol. The molecule has 0 radical (unpaired) electrons. The van der Waals surface area contributed by atoms with Gasteiger partial charge in [0.05, 0.1) is 16.9 Å². The maximum atomic E-state index is 11.7. The van der Waals surface area contributed by atoms with Gasteiger partial charge in [-0.25, -0.2) is 0 Å². The molecule has 2 aromatic carbocycles. The highest BCUT2D eigenvalue weighted by Crippen LogP contribution is 2.20. The number of para-hydroxylation sites is 1. The van der Waals surface area contributed by atoms with Crippen molar-refractivity contribution in [1.82, 2.24) is 0 Å². The third-order valence-corrected chi connectivity index (χ3v) is 3.81. The smallest absolute Gasteiger partial charge is 0.265 e. The first kappa shape index (κ1) is 16.4. The van der Waals surface area contributed by atoms with E-state index >= 15 is 0 Å². The molecule has 2 aromatic rings. The van der Waals surface area contributed by atoms with Crippen LogP contribution in [0.5, 0.6) is 0 Å². The molecule has 1 amide bonds. The van der Waals surface area contributed by atoms with Gasteiger partial charge in [-0.1, -0.05) is 41.0 Å². The first-order valence-electron chi connectivity index (χ1n) is 6.53. The van der Waals surface area contributed by atoms with Crippen LogP contribution in [0, 0.1) is 0 Å². The lowest BCUT2D eigenvalue weighted by molar-refractivity contribution is -0.120. The van der Waals surface area contributed by atoms with E-state index in [1.807, 2.05) is 30.5 Å². The van der Waals surface area contributed by atoms with E-state index in [0.717, 1.165) is 5.56 Å². The third-order valence-electron chi connectivity index (χ3n) is 2.74. The Morgan fingerprint density at radius 2 is 2.00 bits per heavy atom.